The lowest BCUT2D eigenvalue weighted by Crippen LogP contribution is -2.77. The quantitative estimate of drug-likeness (QED) is 0.385. The number of carbonyl (C=O) groups is 1. The molecule has 0 aliphatic carbocycles. The van der Waals surface area contributed by atoms with Gasteiger partial charge < -0.3 is 5.73 Å². The van der Waals surface area contributed by atoms with Crippen LogP contribution >= 0.6 is 0 Å². The van der Waals surface area contributed by atoms with E-state index >= 15 is 0 Å². The summed E-state index contributed by atoms with van der Waals surface area (Å²) in [5.74, 6) is 0.454. The van der Waals surface area contributed by atoms with Crippen molar-refractivity contribution in [2.45, 2.75) is 12.1 Å². The van der Waals surface area contributed by atoms with Crippen LogP contribution in [-0.2, 0) is 0 Å². The van der Waals surface area contributed by atoms with E-state index in [9.17, 15) is 4.79 Å². The summed E-state index contributed by atoms with van der Waals surface area (Å²) in [6.45, 7) is 0. The third kappa shape index (κ3) is 0.190. The number of fused-ring (bicyclic) bond motifs is 1. The van der Waals surface area contributed by atoms with E-state index < -0.39 is 11.9 Å². The molecule has 0 saturated carbocycles. The Kier molecular flexibility index (Phi) is 0.318. The van der Waals surface area contributed by atoms with Crippen molar-refractivity contribution in [2.75, 3.05) is 0 Å². The summed E-state index contributed by atoms with van der Waals surface area (Å²) < 4.78 is 0. The number of carbonyl (C=O) groups excluding carboxylic acids is 1. The fraction of sp³-hybridized carbons (Fsp3) is 0.500. The van der Waals surface area contributed by atoms with Crippen LogP contribution in [0.15, 0.2) is 5.10 Å². The Hall–Kier alpha value is -1.50. The summed E-state index contributed by atoms with van der Waals surface area (Å²) in [7, 11) is 0. The fourth-order valence-corrected chi connectivity index (χ4v) is 2.05. The number of nitrogens with zero attached hydrogens (tertiary/aromatic N) is 4. The normalized spacial score (nSPS) is 46.0. The molecule has 4 aliphatic rings. The highest BCUT2D eigenvalue weighted by Gasteiger charge is 2.90. The van der Waals surface area contributed by atoms with Crippen LogP contribution in [0.2, 0.25) is 0 Å². The first-order valence-corrected chi connectivity index (χ1v) is 3.31. The minimum absolute atomic E-state index is 0.0359. The lowest BCUT2D eigenvalue weighted by Gasteiger charge is -2.50. The number of rotatable bonds is 0. The molecule has 1 spiro atoms. The van der Waals surface area contributed by atoms with Crippen LogP contribution in [-0.4, -0.2) is 38.9 Å². The predicted octanol–water partition coefficient (Wildman–Crippen LogP) is -2.22. The van der Waals surface area contributed by atoms with Crippen molar-refractivity contribution in [1.82, 2.24) is 20.3 Å². The highest BCUT2D eigenvalue weighted by molar-refractivity contribution is 6.03. The van der Waals surface area contributed by atoms with Crippen LogP contribution in [0.5, 0.6) is 0 Å². The molecule has 0 aromatic heterocycles. The molecule has 4 aliphatic heterocycles. The molecule has 0 radical (unpaired) electrons. The number of nitrogens with two attached hydrogens (primary N) is 1. The lowest BCUT2D eigenvalue weighted by atomic mass is 10.2. The lowest BCUT2D eigenvalue weighted by molar-refractivity contribution is -0.138. The maximum absolute atomic E-state index is 10.8. The third-order valence-corrected chi connectivity index (χ3v) is 2.56. The molecule has 4 rings (SSSR count). The molecule has 0 aromatic carbocycles. The number of hydrazine groups is 1. The molecule has 3 saturated heterocycles. The zero-order chi connectivity index (χ0) is 7.38. The molecule has 11 heavy (non-hydrogen) atoms. The van der Waals surface area contributed by atoms with Gasteiger partial charge in [-0.15, -0.1) is 0 Å². The molecule has 2 atom stereocenters. The Morgan fingerprint density at radius 2 is 2.64 bits per heavy atom. The average Bonchev–Trinajstić information content (AvgIpc) is 2.42. The number of hydrogen-bond acceptors (Lipinski definition) is 5. The number of primary amides is 1. The van der Waals surface area contributed by atoms with E-state index in [-0.39, 0.29) is 6.17 Å². The van der Waals surface area contributed by atoms with E-state index in [0.717, 1.165) is 5.84 Å². The highest BCUT2D eigenvalue weighted by atomic mass is 16.2. The molecule has 2 unspecified atom stereocenters. The fourth-order valence-electron chi connectivity index (χ4n) is 2.05. The maximum atomic E-state index is 10.8. The van der Waals surface area contributed by atoms with Gasteiger partial charge >= 0.3 is 11.9 Å². The molecule has 4 bridgehead atoms. The summed E-state index contributed by atoms with van der Waals surface area (Å²) in [5, 5.41) is 7.76. The molecule has 3 fully saturated rings. The van der Waals surface area contributed by atoms with Gasteiger partial charge in [-0.1, -0.05) is 0 Å². The van der Waals surface area contributed by atoms with Crippen LogP contribution in [0, 0.1) is 0 Å². The van der Waals surface area contributed by atoms with Crippen molar-refractivity contribution >= 4 is 11.9 Å². The SMILES string of the molecule is NC(=O)N1C2C3=NN2C12NN32. The van der Waals surface area contributed by atoms with Crippen molar-refractivity contribution < 1.29 is 4.79 Å². The molecule has 0 aromatic rings. The smallest absolute Gasteiger partial charge is 0.321 e. The van der Waals surface area contributed by atoms with Gasteiger partial charge in [0.15, 0.2) is 12.0 Å². The Morgan fingerprint density at radius 3 is 2.91 bits per heavy atom. The van der Waals surface area contributed by atoms with E-state index in [4.69, 9.17) is 5.73 Å². The Bertz CT molecular complexity index is 333. The van der Waals surface area contributed by atoms with Crippen LogP contribution in [0.25, 0.3) is 0 Å². The molecular weight excluding hydrogens is 148 g/mol. The maximum Gasteiger partial charge on any atom is 0.321 e. The second-order valence-corrected chi connectivity index (χ2v) is 2.97. The first-order valence-electron chi connectivity index (χ1n) is 3.31. The average molecular weight is 152 g/mol. The first kappa shape index (κ1) is 4.39. The Morgan fingerprint density at radius 1 is 1.82 bits per heavy atom. The number of amidine groups is 1. The van der Waals surface area contributed by atoms with E-state index in [0.29, 0.717) is 0 Å². The molecule has 56 valence electrons. The van der Waals surface area contributed by atoms with E-state index in [1.165, 1.54) is 0 Å². The number of amides is 2. The summed E-state index contributed by atoms with van der Waals surface area (Å²) in [4.78, 5) is 12.4. The minimum atomic E-state index is -0.453. The standard InChI is InChI=1S/C4H4N6O/c5-3(11)8-2-1-6-10(2)4(8)7-9(1)4/h2,7H,(H2,5,11). The second kappa shape index (κ2) is 0.797. The third-order valence-electron chi connectivity index (χ3n) is 2.56. The van der Waals surface area contributed by atoms with Gasteiger partial charge in [-0.3, -0.25) is 0 Å². The van der Waals surface area contributed by atoms with Gasteiger partial charge in [-0.25, -0.2) is 19.7 Å². The number of nitrogens with one attached hydrogen (secondary N) is 1. The monoisotopic (exact) mass is 152 g/mol. The summed E-state index contributed by atoms with van der Waals surface area (Å²) in [6, 6.07) is -0.397. The number of hydrogen-bond donors (Lipinski definition) is 2. The van der Waals surface area contributed by atoms with Crippen molar-refractivity contribution in [2.24, 2.45) is 10.8 Å². The van der Waals surface area contributed by atoms with E-state index in [1.54, 1.807) is 4.90 Å². The van der Waals surface area contributed by atoms with Crippen molar-refractivity contribution in [3.63, 3.8) is 0 Å². The van der Waals surface area contributed by atoms with Gasteiger partial charge in [0.2, 0.25) is 0 Å². The highest BCUT2D eigenvalue weighted by Crippen LogP contribution is 2.59. The number of urea groups is 1. The van der Waals surface area contributed by atoms with Gasteiger partial charge in [-0.2, -0.15) is 10.5 Å². The molecular formula is C4H4N6O. The first-order chi connectivity index (χ1) is 5.27. The zero-order valence-electron chi connectivity index (χ0n) is 5.35. The van der Waals surface area contributed by atoms with Crippen LogP contribution in [0.4, 0.5) is 4.79 Å². The minimum Gasteiger partial charge on any atom is -0.351 e. The van der Waals surface area contributed by atoms with Crippen molar-refractivity contribution in [3.8, 4) is 0 Å². The Labute approximate surface area is 61.0 Å². The molecule has 4 heterocycles. The molecule has 7 heteroatoms. The molecule has 3 N–H and O–H groups in total. The van der Waals surface area contributed by atoms with Crippen molar-refractivity contribution in [3.05, 3.63) is 0 Å². The van der Waals surface area contributed by atoms with Gasteiger partial charge in [0.1, 0.15) is 0 Å². The predicted molar refractivity (Wildman–Crippen MR) is 32.2 cm³/mol. The van der Waals surface area contributed by atoms with E-state index in [1.807, 2.05) is 10.0 Å². The van der Waals surface area contributed by atoms with Gasteiger partial charge in [0.05, 0.1) is 0 Å². The van der Waals surface area contributed by atoms with Gasteiger partial charge in [-0.05, 0) is 0 Å². The molecule has 7 nitrogen and oxygen atoms in total. The van der Waals surface area contributed by atoms with Gasteiger partial charge in [0.25, 0.3) is 0 Å². The summed E-state index contributed by atoms with van der Waals surface area (Å²) in [5.41, 5.74) is 8.15. The molecule has 2 amide bonds. The van der Waals surface area contributed by atoms with Crippen molar-refractivity contribution in [1.29, 1.82) is 0 Å². The van der Waals surface area contributed by atoms with E-state index in [2.05, 4.69) is 10.5 Å². The van der Waals surface area contributed by atoms with Crippen LogP contribution in [0.3, 0.4) is 0 Å². The zero-order valence-corrected chi connectivity index (χ0v) is 5.35. The van der Waals surface area contributed by atoms with Crippen LogP contribution in [0.1, 0.15) is 0 Å². The van der Waals surface area contributed by atoms with Gasteiger partial charge in [0, 0.05) is 0 Å². The largest absolute Gasteiger partial charge is 0.351 e. The van der Waals surface area contributed by atoms with Crippen LogP contribution < -0.4 is 11.2 Å². The summed E-state index contributed by atoms with van der Waals surface area (Å²) >= 11 is 0. The Balaban J connectivity index is 1.91. The second-order valence-electron chi connectivity index (χ2n) is 2.97. The summed E-state index contributed by atoms with van der Waals surface area (Å²) in [6.07, 6.45) is 0.0359. The topological polar surface area (TPSA) is 86.9 Å². The number of hydrazone groups is 1.